The molecule has 1 aliphatic carbocycles. The molecule has 1 aromatic carbocycles. The van der Waals surface area contributed by atoms with Crippen molar-refractivity contribution < 1.29 is 5.11 Å². The number of hydrogen-bond acceptors (Lipinski definition) is 2. The molecule has 1 N–H and O–H groups in total. The fraction of sp³-hybridized carbons (Fsp3) is 0.538. The number of anilines is 1. The van der Waals surface area contributed by atoms with Crippen LogP contribution < -0.4 is 4.90 Å². The summed E-state index contributed by atoms with van der Waals surface area (Å²) >= 11 is 0. The van der Waals surface area contributed by atoms with Crippen LogP contribution in [0.1, 0.15) is 25.7 Å². The predicted octanol–water partition coefficient (Wildman–Crippen LogP) is 2.43. The highest BCUT2D eigenvalue weighted by atomic mass is 16.3. The Morgan fingerprint density at radius 1 is 1.13 bits per heavy atom. The zero-order chi connectivity index (χ0) is 10.5. The first-order valence-electron chi connectivity index (χ1n) is 5.84. The Hall–Kier alpha value is -1.02. The first kappa shape index (κ1) is 10.5. The maximum absolute atomic E-state index is 9.12. The molecule has 0 bridgehead atoms. The normalized spacial score (nSPS) is 16.9. The number of nitrogens with zero attached hydrogens (tertiary/aromatic N) is 1. The van der Waals surface area contributed by atoms with E-state index in [1.807, 2.05) is 6.07 Å². The van der Waals surface area contributed by atoms with Gasteiger partial charge >= 0.3 is 0 Å². The summed E-state index contributed by atoms with van der Waals surface area (Å²) in [5.74, 6) is 0. The predicted molar refractivity (Wildman–Crippen MR) is 63.1 cm³/mol. The minimum absolute atomic E-state index is 0.241. The van der Waals surface area contributed by atoms with Crippen molar-refractivity contribution in [3.05, 3.63) is 30.3 Å². The number of para-hydroxylation sites is 1. The molecule has 0 heterocycles. The van der Waals surface area contributed by atoms with Crippen LogP contribution in [0.3, 0.4) is 0 Å². The molecule has 1 saturated carbocycles. The number of aliphatic hydroxyl groups excluding tert-OH is 1. The van der Waals surface area contributed by atoms with Gasteiger partial charge in [0, 0.05) is 18.3 Å². The van der Waals surface area contributed by atoms with Crippen molar-refractivity contribution in [3.8, 4) is 0 Å². The first-order chi connectivity index (χ1) is 7.42. The lowest BCUT2D eigenvalue weighted by Gasteiger charge is -2.30. The largest absolute Gasteiger partial charge is 0.395 e. The Balaban J connectivity index is 2.11. The number of aliphatic hydroxyl groups is 1. The van der Waals surface area contributed by atoms with Gasteiger partial charge in [0.1, 0.15) is 0 Å². The third-order valence-corrected chi connectivity index (χ3v) is 3.19. The average molecular weight is 205 g/mol. The molecule has 1 aliphatic rings. The van der Waals surface area contributed by atoms with Gasteiger partial charge in [0.2, 0.25) is 0 Å². The lowest BCUT2D eigenvalue weighted by molar-refractivity contribution is 0.297. The first-order valence-corrected chi connectivity index (χ1v) is 5.84. The van der Waals surface area contributed by atoms with Crippen LogP contribution in [0.25, 0.3) is 0 Å². The second-order valence-corrected chi connectivity index (χ2v) is 4.19. The standard InChI is InChI=1S/C13H19NO/c15-11-10-14(13-8-4-5-9-13)12-6-2-1-3-7-12/h1-3,6-7,13,15H,4-5,8-11H2. The molecule has 2 heteroatoms. The molecule has 0 spiro atoms. The zero-order valence-corrected chi connectivity index (χ0v) is 9.10. The molecule has 0 unspecified atom stereocenters. The van der Waals surface area contributed by atoms with E-state index in [4.69, 9.17) is 5.11 Å². The fourth-order valence-corrected chi connectivity index (χ4v) is 2.47. The third kappa shape index (κ3) is 2.51. The van der Waals surface area contributed by atoms with Crippen LogP contribution in [0.2, 0.25) is 0 Å². The molecular formula is C13H19NO. The van der Waals surface area contributed by atoms with Crippen molar-refractivity contribution in [2.24, 2.45) is 0 Å². The number of rotatable bonds is 4. The summed E-state index contributed by atoms with van der Waals surface area (Å²) < 4.78 is 0. The van der Waals surface area contributed by atoms with E-state index in [1.54, 1.807) is 0 Å². The van der Waals surface area contributed by atoms with Crippen molar-refractivity contribution >= 4 is 5.69 Å². The second-order valence-electron chi connectivity index (χ2n) is 4.19. The summed E-state index contributed by atoms with van der Waals surface area (Å²) in [5.41, 5.74) is 1.25. The maximum atomic E-state index is 9.12. The molecule has 0 radical (unpaired) electrons. The second kappa shape index (κ2) is 5.17. The smallest absolute Gasteiger partial charge is 0.0606 e. The van der Waals surface area contributed by atoms with Gasteiger partial charge in [-0.05, 0) is 25.0 Å². The summed E-state index contributed by atoms with van der Waals surface area (Å²) in [6, 6.07) is 11.1. The Labute approximate surface area is 91.5 Å². The molecule has 82 valence electrons. The van der Waals surface area contributed by atoms with Crippen LogP contribution in [-0.4, -0.2) is 24.3 Å². The monoisotopic (exact) mass is 205 g/mol. The van der Waals surface area contributed by atoms with Gasteiger partial charge in [-0.3, -0.25) is 0 Å². The Morgan fingerprint density at radius 2 is 1.80 bits per heavy atom. The van der Waals surface area contributed by atoms with Crippen molar-refractivity contribution in [2.75, 3.05) is 18.1 Å². The Morgan fingerprint density at radius 3 is 2.40 bits per heavy atom. The highest BCUT2D eigenvalue weighted by Gasteiger charge is 2.21. The highest BCUT2D eigenvalue weighted by molar-refractivity contribution is 5.47. The summed E-state index contributed by atoms with van der Waals surface area (Å²) in [7, 11) is 0. The van der Waals surface area contributed by atoms with E-state index in [1.165, 1.54) is 31.4 Å². The van der Waals surface area contributed by atoms with Crippen LogP contribution >= 0.6 is 0 Å². The van der Waals surface area contributed by atoms with Crippen molar-refractivity contribution in [1.82, 2.24) is 0 Å². The van der Waals surface area contributed by atoms with Crippen LogP contribution in [0, 0.1) is 0 Å². The van der Waals surface area contributed by atoms with Gasteiger partial charge < -0.3 is 10.0 Å². The summed E-state index contributed by atoms with van der Waals surface area (Å²) in [6.45, 7) is 1.00. The van der Waals surface area contributed by atoms with Crippen LogP contribution in [0.15, 0.2) is 30.3 Å². The molecule has 1 fully saturated rings. The van der Waals surface area contributed by atoms with Gasteiger partial charge in [0.05, 0.1) is 6.61 Å². The van der Waals surface area contributed by atoms with Gasteiger partial charge in [0.15, 0.2) is 0 Å². The van der Waals surface area contributed by atoms with Crippen LogP contribution in [0.4, 0.5) is 5.69 Å². The van der Waals surface area contributed by atoms with Gasteiger partial charge in [-0.15, -0.1) is 0 Å². The Kier molecular flexibility index (Phi) is 3.62. The third-order valence-electron chi connectivity index (χ3n) is 3.19. The SMILES string of the molecule is OCCN(c1ccccc1)C1CCCC1. The molecule has 2 nitrogen and oxygen atoms in total. The molecule has 0 aliphatic heterocycles. The van der Waals surface area contributed by atoms with Crippen LogP contribution in [0.5, 0.6) is 0 Å². The van der Waals surface area contributed by atoms with E-state index in [-0.39, 0.29) is 6.61 Å². The van der Waals surface area contributed by atoms with Gasteiger partial charge in [-0.25, -0.2) is 0 Å². The van der Waals surface area contributed by atoms with E-state index >= 15 is 0 Å². The molecule has 0 amide bonds. The quantitative estimate of drug-likeness (QED) is 0.816. The summed E-state index contributed by atoms with van der Waals surface area (Å²) in [6.07, 6.45) is 5.21. The van der Waals surface area contributed by atoms with Crippen molar-refractivity contribution in [1.29, 1.82) is 0 Å². The fourth-order valence-electron chi connectivity index (χ4n) is 2.47. The van der Waals surface area contributed by atoms with E-state index in [9.17, 15) is 0 Å². The molecule has 15 heavy (non-hydrogen) atoms. The Bertz CT molecular complexity index is 280. The zero-order valence-electron chi connectivity index (χ0n) is 9.10. The molecule has 0 saturated heterocycles. The van der Waals surface area contributed by atoms with Gasteiger partial charge in [-0.1, -0.05) is 31.0 Å². The van der Waals surface area contributed by atoms with E-state index in [0.29, 0.717) is 6.04 Å². The molecule has 2 rings (SSSR count). The van der Waals surface area contributed by atoms with Crippen molar-refractivity contribution in [3.63, 3.8) is 0 Å². The molecule has 0 atom stereocenters. The minimum Gasteiger partial charge on any atom is -0.395 e. The van der Waals surface area contributed by atoms with Crippen LogP contribution in [-0.2, 0) is 0 Å². The molecule has 0 aromatic heterocycles. The summed E-state index contributed by atoms with van der Waals surface area (Å²) in [5, 5.41) is 9.12. The molecular weight excluding hydrogens is 186 g/mol. The van der Waals surface area contributed by atoms with Gasteiger partial charge in [0.25, 0.3) is 0 Å². The lowest BCUT2D eigenvalue weighted by Crippen LogP contribution is -2.35. The average Bonchev–Trinajstić information content (AvgIpc) is 2.80. The topological polar surface area (TPSA) is 23.5 Å². The van der Waals surface area contributed by atoms with E-state index in [2.05, 4.69) is 29.2 Å². The number of benzene rings is 1. The van der Waals surface area contributed by atoms with E-state index in [0.717, 1.165) is 6.54 Å². The van der Waals surface area contributed by atoms with Gasteiger partial charge in [-0.2, -0.15) is 0 Å². The molecule has 1 aromatic rings. The highest BCUT2D eigenvalue weighted by Crippen LogP contribution is 2.27. The van der Waals surface area contributed by atoms with Crippen molar-refractivity contribution in [2.45, 2.75) is 31.7 Å². The lowest BCUT2D eigenvalue weighted by atomic mass is 10.2. The number of hydrogen-bond donors (Lipinski definition) is 1. The minimum atomic E-state index is 0.241. The van der Waals surface area contributed by atoms with E-state index < -0.39 is 0 Å². The summed E-state index contributed by atoms with van der Waals surface area (Å²) in [4.78, 5) is 2.35. The maximum Gasteiger partial charge on any atom is 0.0606 e.